The summed E-state index contributed by atoms with van der Waals surface area (Å²) in [5.74, 6) is -17.6. The average Bonchev–Trinajstić information content (AvgIpc) is 1.14. The second-order valence-corrected chi connectivity index (χ2v) is 36.2. The summed E-state index contributed by atoms with van der Waals surface area (Å²) in [6.45, 7) is 14.8. The highest BCUT2D eigenvalue weighted by molar-refractivity contribution is 8.77. The molecular formula is C86H121N17O19S2. The molecule has 1 saturated heterocycles. The van der Waals surface area contributed by atoms with Crippen LogP contribution >= 0.6 is 21.6 Å². The molecule has 14 amide bonds. The fourth-order valence-corrected chi connectivity index (χ4v) is 17.0. The number of amides is 14. The van der Waals surface area contributed by atoms with Crippen molar-refractivity contribution in [2.75, 3.05) is 32.8 Å². The van der Waals surface area contributed by atoms with Crippen LogP contribution in [-0.4, -0.2) is 212 Å². The third-order valence-electron chi connectivity index (χ3n) is 21.2. The lowest BCUT2D eigenvalue weighted by Crippen LogP contribution is -2.65. The number of aliphatic hydroxyl groups is 1. The number of H-pyrrole nitrogens is 1. The predicted octanol–water partition coefficient (Wildman–Crippen LogP) is 0.799. The van der Waals surface area contributed by atoms with Gasteiger partial charge in [0.05, 0.1) is 30.9 Å². The van der Waals surface area contributed by atoms with E-state index in [4.69, 9.17) is 33.4 Å². The standard InChI is InChI=1S/C86H121N17O19S2/c1-47-18-17-21-59-57(46-94-71(47)59)42-62-67(108)43-56(27-30-68(89)109)74(112)102-73(85(8,9)124-123-84(6,7)60(38-49(3)105)75(113)96-66(45-70(91)111)79(117)101-72(50(4)106)81(119)95-62)82(120)99-63(40-52-24-28-58(29-25-52)122-37-34-88)78(116)97-64(41-53-23-26-54-19-11-12-20-55(54)39-53)80(118)103-86(10,32-14-15-33-87)83(121)100-61(22-13-16-35-92-51(5)107)77(115)98-65(44-69(90)110)76(114)93-36-31-48(2)104/h11-12,17-21,23-26,28-29,39,46,50,56,60-66,72-73,94,106H,13-16,22,27,30-38,40-45,87-88H2,1-10H3,(H2,89,109)(H2,90,110)(H2,91,111)(H,92,107)(H,93,114)(H,95,119)(H,96,113)(H,97,116)(H,98,115)(H,99,120)(H,100,121)(H,101,117)(H,102,112)(H,103,118)/t50-,56-,60-,61+,62+,63+,64+,65+,66+,72+,73-,86+/m1/s1. The minimum absolute atomic E-state index is 0.0765. The molecule has 0 spiro atoms. The Morgan fingerprint density at radius 2 is 1.25 bits per heavy atom. The van der Waals surface area contributed by atoms with E-state index < -0.39 is 208 Å². The molecule has 1 aliphatic heterocycles. The highest BCUT2D eigenvalue weighted by Crippen LogP contribution is 2.49. The number of rotatable bonds is 42. The number of benzene rings is 4. The summed E-state index contributed by atoms with van der Waals surface area (Å²) >= 11 is 0. The van der Waals surface area contributed by atoms with Gasteiger partial charge in [-0.25, -0.2) is 0 Å². The van der Waals surface area contributed by atoms with Gasteiger partial charge in [0, 0.05) is 104 Å². The van der Waals surface area contributed by atoms with Crippen molar-refractivity contribution in [1.82, 2.24) is 63.5 Å². The van der Waals surface area contributed by atoms with Crippen LogP contribution in [-0.2, 0) is 101 Å². The Morgan fingerprint density at radius 1 is 0.605 bits per heavy atom. The fourth-order valence-electron chi connectivity index (χ4n) is 14.1. The van der Waals surface area contributed by atoms with E-state index in [1.807, 2.05) is 31.2 Å². The van der Waals surface area contributed by atoms with E-state index in [1.54, 1.807) is 80.7 Å². The molecule has 2 heterocycles. The third-order valence-corrected chi connectivity index (χ3v) is 25.5. The summed E-state index contributed by atoms with van der Waals surface area (Å²) in [5.41, 5.74) is 29.6. The molecule has 12 atom stereocenters. The molecular weight excluding hydrogens is 1640 g/mol. The van der Waals surface area contributed by atoms with Crippen LogP contribution in [0.25, 0.3) is 21.7 Å². The van der Waals surface area contributed by atoms with Gasteiger partial charge in [-0.15, -0.1) is 0 Å². The largest absolute Gasteiger partial charge is 0.492 e. The average molecular weight is 1760 g/mol. The fraction of sp³-hybridized carbons (Fsp3) is 0.523. The van der Waals surface area contributed by atoms with Gasteiger partial charge < -0.3 is 107 Å². The number of aromatic amines is 1. The van der Waals surface area contributed by atoms with Gasteiger partial charge in [-0.2, -0.15) is 0 Å². The molecule has 0 radical (unpaired) electrons. The first-order chi connectivity index (χ1) is 58.4. The molecule has 4 aromatic carbocycles. The number of ketones is 3. The number of fused-ring (bicyclic) bond motifs is 2. The normalized spacial score (nSPS) is 19.4. The highest BCUT2D eigenvalue weighted by atomic mass is 33.1. The Kier molecular flexibility index (Phi) is 39.3. The van der Waals surface area contributed by atoms with Crippen molar-refractivity contribution >= 4 is 143 Å². The van der Waals surface area contributed by atoms with Crippen LogP contribution in [0.15, 0.2) is 91.1 Å². The van der Waals surface area contributed by atoms with Crippen molar-refractivity contribution in [2.24, 2.45) is 40.5 Å². The number of aryl methyl sites for hydroxylation is 1. The topological polar surface area (TPSA) is 598 Å². The number of nitrogens with two attached hydrogens (primary N) is 5. The van der Waals surface area contributed by atoms with Gasteiger partial charge in [-0.3, -0.25) is 76.7 Å². The number of hydrogen-bond donors (Lipinski definition) is 18. The molecule has 0 unspecified atom stereocenters. The Morgan fingerprint density at radius 3 is 1.89 bits per heavy atom. The minimum atomic E-state index is -1.99. The molecule has 1 aliphatic rings. The first-order valence-corrected chi connectivity index (χ1v) is 43.4. The molecule has 0 aliphatic carbocycles. The molecule has 1 aromatic heterocycles. The van der Waals surface area contributed by atoms with Gasteiger partial charge in [-0.05, 0) is 159 Å². The number of aliphatic hydroxyl groups excluding tert-OH is 1. The van der Waals surface area contributed by atoms with E-state index in [0.29, 0.717) is 46.2 Å². The van der Waals surface area contributed by atoms with Crippen molar-refractivity contribution < 1.29 is 91.4 Å². The number of primary amides is 3. The maximum Gasteiger partial charge on any atom is 0.246 e. The molecule has 124 heavy (non-hydrogen) atoms. The summed E-state index contributed by atoms with van der Waals surface area (Å²) in [5, 5.41) is 42.8. The van der Waals surface area contributed by atoms with E-state index in [1.165, 1.54) is 41.5 Å². The summed E-state index contributed by atoms with van der Waals surface area (Å²) in [6, 6.07) is 10.6. The van der Waals surface area contributed by atoms with E-state index in [0.717, 1.165) is 44.8 Å². The monoisotopic (exact) mass is 1760 g/mol. The van der Waals surface area contributed by atoms with Gasteiger partial charge >= 0.3 is 0 Å². The summed E-state index contributed by atoms with van der Waals surface area (Å²) in [4.78, 5) is 245. The molecule has 0 saturated carbocycles. The van der Waals surface area contributed by atoms with Crippen LogP contribution in [0.2, 0.25) is 0 Å². The quantitative estimate of drug-likeness (QED) is 0.0190. The minimum Gasteiger partial charge on any atom is -0.492 e. The molecule has 23 N–H and O–H groups in total. The summed E-state index contributed by atoms with van der Waals surface area (Å²) in [7, 11) is 1.88. The van der Waals surface area contributed by atoms with Gasteiger partial charge in [0.2, 0.25) is 82.7 Å². The maximum atomic E-state index is 16.2. The third kappa shape index (κ3) is 31.8. The number of carbonyl (C=O) groups excluding carboxylic acids is 17. The zero-order valence-electron chi connectivity index (χ0n) is 71.9. The zero-order chi connectivity index (χ0) is 91.9. The second kappa shape index (κ2) is 48.1. The van der Waals surface area contributed by atoms with Crippen LogP contribution in [0.4, 0.5) is 0 Å². The van der Waals surface area contributed by atoms with Crippen molar-refractivity contribution in [3.05, 3.63) is 113 Å². The number of unbranched alkanes of at least 4 members (excludes halogenated alkanes) is 2. The number of para-hydroxylation sites is 1. The van der Waals surface area contributed by atoms with E-state index in [-0.39, 0.29) is 95.8 Å². The highest BCUT2D eigenvalue weighted by Gasteiger charge is 2.47. The van der Waals surface area contributed by atoms with Gasteiger partial charge in [0.1, 0.15) is 71.8 Å². The van der Waals surface area contributed by atoms with Crippen molar-refractivity contribution in [3.63, 3.8) is 0 Å². The van der Waals surface area contributed by atoms with Crippen molar-refractivity contribution in [2.45, 2.75) is 241 Å². The molecule has 38 heteroatoms. The Balaban J connectivity index is 1.52. The van der Waals surface area contributed by atoms with Crippen molar-refractivity contribution in [3.8, 4) is 5.75 Å². The van der Waals surface area contributed by atoms with Gasteiger partial charge in [-0.1, -0.05) is 94.4 Å². The SMILES string of the molecule is CC(=O)CCNC(=O)[C@H](CC(N)=O)NC(=O)[C@H](CCCCNC(C)=O)NC(=O)[C@](C)(CCCCN)NC(=O)[C@H](Cc1ccc2ccccc2c1)NC(=O)[C@H](Cc1ccc(OCCN)cc1)NC(=O)[C@H]1NC(=O)[C@H](CCC(N)=O)CC(=O)[C@H](Cc2c[nH]c3c(C)cccc23)NC(=O)[C@H]([C@@H](C)O)NC(=O)[C@H](CC(N)=O)NC(=O)[C@@H](CC(C)=O)C(C)(C)SSC1(C)C. The molecule has 0 bridgehead atoms. The smallest absolute Gasteiger partial charge is 0.246 e. The molecule has 1 fully saturated rings. The first kappa shape index (κ1) is 101. The number of aromatic nitrogens is 1. The van der Waals surface area contributed by atoms with Crippen LogP contribution in [0.5, 0.6) is 5.75 Å². The number of ether oxygens (including phenoxy) is 1. The number of carbonyl (C=O) groups is 17. The molecule has 5 aromatic rings. The Hall–Kier alpha value is -11.4. The number of Topliss-reactive ketones (excluding diaryl/α,β-unsaturated/α-hetero) is 3. The number of nitrogens with one attached hydrogen (secondary N) is 12. The summed E-state index contributed by atoms with van der Waals surface area (Å²) < 4.78 is 2.69. The van der Waals surface area contributed by atoms with E-state index >= 15 is 28.8 Å². The molecule has 6 rings (SSSR count). The number of hydrogen-bond acceptors (Lipinski definition) is 23. The van der Waals surface area contributed by atoms with Crippen LogP contribution in [0.1, 0.15) is 168 Å². The summed E-state index contributed by atoms with van der Waals surface area (Å²) in [6.07, 6.45) is -4.24. The van der Waals surface area contributed by atoms with E-state index in [2.05, 4.69) is 63.5 Å². The Labute approximate surface area is 728 Å². The van der Waals surface area contributed by atoms with Crippen LogP contribution < -0.4 is 91.9 Å². The predicted molar refractivity (Wildman–Crippen MR) is 468 cm³/mol. The lowest BCUT2D eigenvalue weighted by atomic mass is 9.88. The van der Waals surface area contributed by atoms with Crippen LogP contribution in [0.3, 0.4) is 0 Å². The zero-order valence-corrected chi connectivity index (χ0v) is 73.5. The van der Waals surface area contributed by atoms with Gasteiger partial charge in [0.25, 0.3) is 0 Å². The molecule has 676 valence electrons. The van der Waals surface area contributed by atoms with Crippen molar-refractivity contribution in [1.29, 1.82) is 0 Å². The lowest BCUT2D eigenvalue weighted by Gasteiger charge is -2.39. The maximum absolute atomic E-state index is 16.2. The van der Waals surface area contributed by atoms with Gasteiger partial charge in [0.15, 0.2) is 5.78 Å². The Bertz CT molecular complexity index is 4670. The van der Waals surface area contributed by atoms with E-state index in [9.17, 15) is 57.8 Å². The lowest BCUT2D eigenvalue weighted by molar-refractivity contribution is -0.138. The molecule has 36 nitrogen and oxygen atoms in total. The van der Waals surface area contributed by atoms with Crippen LogP contribution in [0, 0.1) is 18.8 Å². The first-order valence-electron chi connectivity index (χ1n) is 41.3. The second-order valence-electron chi connectivity index (χ2n) is 32.7.